The van der Waals surface area contributed by atoms with Gasteiger partial charge in [0.15, 0.2) is 5.69 Å². The number of carbonyl (C=O) groups is 1. The van der Waals surface area contributed by atoms with Gasteiger partial charge in [0.1, 0.15) is 4.90 Å². The van der Waals surface area contributed by atoms with E-state index in [0.717, 1.165) is 16.6 Å². The lowest BCUT2D eigenvalue weighted by Gasteiger charge is -2.30. The maximum absolute atomic E-state index is 12.7. The lowest BCUT2D eigenvalue weighted by molar-refractivity contribution is 0.0646. The van der Waals surface area contributed by atoms with E-state index in [0.29, 0.717) is 13.1 Å². The normalized spacial score (nSPS) is 14.5. The van der Waals surface area contributed by atoms with Gasteiger partial charge in [-0.05, 0) is 23.9 Å². The van der Waals surface area contributed by atoms with Crippen LogP contribution in [-0.2, 0) is 17.1 Å². The van der Waals surface area contributed by atoms with Gasteiger partial charge in [0, 0.05) is 32.5 Å². The number of amides is 1. The van der Waals surface area contributed by atoms with E-state index in [-0.39, 0.29) is 22.2 Å². The summed E-state index contributed by atoms with van der Waals surface area (Å²) in [5, 5.41) is 5.97. The van der Waals surface area contributed by atoms with Gasteiger partial charge in [-0.3, -0.25) is 19.2 Å². The molecule has 3 aromatic heterocycles. The summed E-state index contributed by atoms with van der Waals surface area (Å²) < 4.78 is 30.1. The van der Waals surface area contributed by atoms with E-state index in [4.69, 9.17) is 0 Å². The second-order valence-corrected chi connectivity index (χ2v) is 8.42. The molecule has 0 radical (unpaired) electrons. The smallest absolute Gasteiger partial charge is 0.276 e. The number of hydrogen-bond donors (Lipinski definition) is 1. The summed E-state index contributed by atoms with van der Waals surface area (Å²) in [5.41, 5.74) is 1.03. The summed E-state index contributed by atoms with van der Waals surface area (Å²) >= 11 is 1.42. The van der Waals surface area contributed by atoms with Crippen molar-refractivity contribution in [3.63, 3.8) is 0 Å². The van der Waals surface area contributed by atoms with Gasteiger partial charge in [0.2, 0.25) is 0 Å². The maximum Gasteiger partial charge on any atom is 0.276 e. The molecular weight excluding hydrogens is 362 g/mol. The molecule has 0 aromatic carbocycles. The zero-order chi connectivity index (χ0) is 17.6. The molecule has 1 amide bonds. The van der Waals surface area contributed by atoms with Gasteiger partial charge >= 0.3 is 0 Å². The second kappa shape index (κ2) is 5.81. The summed E-state index contributed by atoms with van der Waals surface area (Å²) in [5.74, 6) is -0.267. The molecule has 1 saturated heterocycles. The Morgan fingerprint density at radius 3 is 2.88 bits per heavy atom. The summed E-state index contributed by atoms with van der Waals surface area (Å²) in [6.45, 7) is 1.33. The molecule has 0 aliphatic carbocycles. The number of aryl methyl sites for hydroxylation is 1. The highest BCUT2D eigenvalue weighted by molar-refractivity contribution is 7.92. The van der Waals surface area contributed by atoms with Crippen molar-refractivity contribution < 1.29 is 13.2 Å². The molecule has 3 aromatic rings. The van der Waals surface area contributed by atoms with Gasteiger partial charge in [-0.25, -0.2) is 8.42 Å². The summed E-state index contributed by atoms with van der Waals surface area (Å²) in [4.78, 5) is 18.3. The number of sulfonamides is 1. The minimum absolute atomic E-state index is 0.0497. The molecule has 1 N–H and O–H groups in total. The number of nitrogens with zero attached hydrogens (tertiary/aromatic N) is 4. The van der Waals surface area contributed by atoms with Gasteiger partial charge in [0.05, 0.1) is 15.9 Å². The molecule has 4 rings (SSSR count). The third kappa shape index (κ3) is 2.87. The van der Waals surface area contributed by atoms with Crippen molar-refractivity contribution in [3.05, 3.63) is 35.6 Å². The van der Waals surface area contributed by atoms with Crippen LogP contribution >= 0.6 is 11.3 Å². The van der Waals surface area contributed by atoms with Crippen molar-refractivity contribution >= 4 is 43.2 Å². The Bertz CT molecular complexity index is 1070. The van der Waals surface area contributed by atoms with Crippen LogP contribution in [0.15, 0.2) is 34.8 Å². The lowest BCUT2D eigenvalue weighted by Crippen LogP contribution is -2.42. The minimum atomic E-state index is -3.87. The molecule has 1 fully saturated rings. The predicted octanol–water partition coefficient (Wildman–Crippen LogP) is 1.68. The van der Waals surface area contributed by atoms with E-state index in [1.165, 1.54) is 28.4 Å². The SMILES string of the molecule is Cn1cc(NS(=O)(=O)c2cnc3ccsc3c2)c(C(=O)N2CCC2)n1. The molecule has 0 spiro atoms. The molecule has 0 atom stereocenters. The Kier molecular flexibility index (Phi) is 3.73. The van der Waals surface area contributed by atoms with E-state index < -0.39 is 10.0 Å². The summed E-state index contributed by atoms with van der Waals surface area (Å²) in [7, 11) is -2.23. The second-order valence-electron chi connectivity index (χ2n) is 5.79. The van der Waals surface area contributed by atoms with E-state index >= 15 is 0 Å². The largest absolute Gasteiger partial charge is 0.337 e. The molecule has 0 bridgehead atoms. The molecular formula is C15H15N5O3S2. The van der Waals surface area contributed by atoms with Crippen molar-refractivity contribution in [1.29, 1.82) is 0 Å². The number of carbonyl (C=O) groups excluding carboxylic acids is 1. The molecule has 25 heavy (non-hydrogen) atoms. The van der Waals surface area contributed by atoms with Gasteiger partial charge in [-0.15, -0.1) is 11.3 Å². The summed E-state index contributed by atoms with van der Waals surface area (Å²) in [6, 6.07) is 3.40. The fourth-order valence-corrected chi connectivity index (χ4v) is 4.45. The van der Waals surface area contributed by atoms with Crippen LogP contribution in [0.4, 0.5) is 5.69 Å². The molecule has 4 heterocycles. The van der Waals surface area contributed by atoms with Crippen LogP contribution in [0.2, 0.25) is 0 Å². The Morgan fingerprint density at radius 2 is 2.16 bits per heavy atom. The molecule has 130 valence electrons. The Morgan fingerprint density at radius 1 is 1.36 bits per heavy atom. The number of anilines is 1. The zero-order valence-electron chi connectivity index (χ0n) is 13.3. The van der Waals surface area contributed by atoms with Crippen molar-refractivity contribution in [3.8, 4) is 0 Å². The minimum Gasteiger partial charge on any atom is -0.337 e. The van der Waals surface area contributed by atoms with Crippen LogP contribution in [-0.4, -0.2) is 47.1 Å². The first kappa shape index (κ1) is 16.0. The van der Waals surface area contributed by atoms with Crippen molar-refractivity contribution in [2.75, 3.05) is 17.8 Å². The standard InChI is InChI=1S/C15H15N5O3S2/c1-19-9-12(14(17-19)15(21)20-4-2-5-20)18-25(22,23)10-7-13-11(16-8-10)3-6-24-13/h3,6-9,18H,2,4-5H2,1H3. The Balaban J connectivity index is 1.67. The highest BCUT2D eigenvalue weighted by Crippen LogP contribution is 2.25. The lowest BCUT2D eigenvalue weighted by atomic mass is 10.2. The topological polar surface area (TPSA) is 97.2 Å². The predicted molar refractivity (Wildman–Crippen MR) is 94.2 cm³/mol. The number of rotatable bonds is 4. The number of pyridine rings is 1. The Labute approximate surface area is 148 Å². The van der Waals surface area contributed by atoms with Crippen LogP contribution in [0, 0.1) is 0 Å². The average Bonchev–Trinajstić information content (AvgIpc) is 3.10. The highest BCUT2D eigenvalue weighted by atomic mass is 32.2. The third-order valence-electron chi connectivity index (χ3n) is 4.01. The van der Waals surface area contributed by atoms with E-state index in [1.54, 1.807) is 18.0 Å². The summed E-state index contributed by atoms with van der Waals surface area (Å²) in [6.07, 6.45) is 3.75. The van der Waals surface area contributed by atoms with Crippen molar-refractivity contribution in [1.82, 2.24) is 19.7 Å². The number of fused-ring (bicyclic) bond motifs is 1. The van der Waals surface area contributed by atoms with Gasteiger partial charge in [-0.1, -0.05) is 0 Å². The van der Waals surface area contributed by atoms with Gasteiger partial charge in [-0.2, -0.15) is 5.10 Å². The quantitative estimate of drug-likeness (QED) is 0.746. The molecule has 0 saturated carbocycles. The van der Waals surface area contributed by atoms with Crippen LogP contribution < -0.4 is 4.72 Å². The maximum atomic E-state index is 12.7. The first-order valence-corrected chi connectivity index (χ1v) is 9.99. The monoisotopic (exact) mass is 377 g/mol. The molecule has 8 nitrogen and oxygen atoms in total. The van der Waals surface area contributed by atoms with Crippen LogP contribution in [0.1, 0.15) is 16.9 Å². The number of thiophene rings is 1. The van der Waals surface area contributed by atoms with E-state index in [2.05, 4.69) is 14.8 Å². The molecule has 1 aliphatic heterocycles. The van der Waals surface area contributed by atoms with Crippen LogP contribution in [0.3, 0.4) is 0 Å². The number of hydrogen-bond acceptors (Lipinski definition) is 6. The van der Waals surface area contributed by atoms with E-state index in [1.807, 2.05) is 11.4 Å². The zero-order valence-corrected chi connectivity index (χ0v) is 15.0. The first-order valence-electron chi connectivity index (χ1n) is 7.63. The molecule has 0 unspecified atom stereocenters. The molecule has 10 heteroatoms. The third-order valence-corrected chi connectivity index (χ3v) is 6.19. The van der Waals surface area contributed by atoms with Crippen molar-refractivity contribution in [2.45, 2.75) is 11.3 Å². The van der Waals surface area contributed by atoms with Crippen molar-refractivity contribution in [2.24, 2.45) is 7.05 Å². The first-order chi connectivity index (χ1) is 11.9. The van der Waals surface area contributed by atoms with Gasteiger partial charge < -0.3 is 4.90 Å². The van der Waals surface area contributed by atoms with Crippen LogP contribution in [0.25, 0.3) is 10.2 Å². The number of aromatic nitrogens is 3. The highest BCUT2D eigenvalue weighted by Gasteiger charge is 2.28. The van der Waals surface area contributed by atoms with Gasteiger partial charge in [0.25, 0.3) is 15.9 Å². The molecule has 1 aliphatic rings. The van der Waals surface area contributed by atoms with Crippen LogP contribution in [0.5, 0.6) is 0 Å². The van der Waals surface area contributed by atoms with E-state index in [9.17, 15) is 13.2 Å². The fraction of sp³-hybridized carbons (Fsp3) is 0.267. The number of nitrogens with one attached hydrogen (secondary N) is 1. The Hall–Kier alpha value is -2.46. The fourth-order valence-electron chi connectivity index (χ4n) is 2.57. The number of likely N-dealkylation sites (tertiary alicyclic amines) is 1. The average molecular weight is 377 g/mol.